The Morgan fingerprint density at radius 2 is 2.04 bits per heavy atom. The van der Waals surface area contributed by atoms with Gasteiger partial charge in [-0.05, 0) is 53.7 Å². The molecule has 2 amide bonds. The highest BCUT2D eigenvalue weighted by atomic mass is 79.9. The molecular formula is C19H13BrClNO5S. The number of carbonyl (C=O) groups is 3. The van der Waals surface area contributed by atoms with Gasteiger partial charge in [0.15, 0.2) is 6.61 Å². The molecule has 2 aromatic carbocycles. The number of carboxylic acids is 1. The van der Waals surface area contributed by atoms with E-state index < -0.39 is 18.5 Å². The fourth-order valence-electron chi connectivity index (χ4n) is 2.50. The number of carboxylic acid groups (broad SMARTS) is 1. The molecule has 0 aliphatic carbocycles. The van der Waals surface area contributed by atoms with Crippen LogP contribution in [-0.2, 0) is 16.1 Å². The lowest BCUT2D eigenvalue weighted by Crippen LogP contribution is -2.27. The second-order valence-electron chi connectivity index (χ2n) is 5.76. The van der Waals surface area contributed by atoms with Crippen LogP contribution in [0.4, 0.5) is 4.79 Å². The lowest BCUT2D eigenvalue weighted by Gasteiger charge is -2.12. The first-order valence-corrected chi connectivity index (χ1v) is 9.96. The van der Waals surface area contributed by atoms with Crippen LogP contribution < -0.4 is 4.74 Å². The Kier molecular flexibility index (Phi) is 6.43. The Labute approximate surface area is 178 Å². The molecule has 144 valence electrons. The van der Waals surface area contributed by atoms with Crippen molar-refractivity contribution in [1.82, 2.24) is 4.90 Å². The number of hydrogen-bond donors (Lipinski definition) is 1. The number of amides is 2. The van der Waals surface area contributed by atoms with E-state index in [1.807, 2.05) is 0 Å². The second-order valence-corrected chi connectivity index (χ2v) is 8.11. The van der Waals surface area contributed by atoms with Gasteiger partial charge in [0.2, 0.25) is 0 Å². The molecule has 2 aromatic rings. The van der Waals surface area contributed by atoms with Crippen molar-refractivity contribution in [3.8, 4) is 5.75 Å². The van der Waals surface area contributed by atoms with Gasteiger partial charge in [-0.1, -0.05) is 39.7 Å². The van der Waals surface area contributed by atoms with Crippen LogP contribution in [0.3, 0.4) is 0 Å². The summed E-state index contributed by atoms with van der Waals surface area (Å²) in [6, 6.07) is 11.9. The number of rotatable bonds is 6. The molecule has 0 saturated carbocycles. The first kappa shape index (κ1) is 20.4. The van der Waals surface area contributed by atoms with Crippen LogP contribution >= 0.6 is 39.3 Å². The van der Waals surface area contributed by atoms with Gasteiger partial charge < -0.3 is 9.84 Å². The van der Waals surface area contributed by atoms with Gasteiger partial charge in [0.05, 0.1) is 11.4 Å². The average Bonchev–Trinajstić information content (AvgIpc) is 2.88. The molecule has 1 heterocycles. The van der Waals surface area contributed by atoms with Crippen molar-refractivity contribution in [3.05, 3.63) is 68.0 Å². The van der Waals surface area contributed by atoms with E-state index in [0.29, 0.717) is 16.3 Å². The number of ether oxygens (including phenoxy) is 1. The molecule has 28 heavy (non-hydrogen) atoms. The van der Waals surface area contributed by atoms with Crippen LogP contribution in [0.5, 0.6) is 5.75 Å². The summed E-state index contributed by atoms with van der Waals surface area (Å²) in [7, 11) is 0. The van der Waals surface area contributed by atoms with Crippen molar-refractivity contribution in [2.75, 3.05) is 6.61 Å². The third-order valence-electron chi connectivity index (χ3n) is 3.71. The number of halogens is 2. The van der Waals surface area contributed by atoms with E-state index in [1.165, 1.54) is 6.08 Å². The van der Waals surface area contributed by atoms with E-state index in [2.05, 4.69) is 15.9 Å². The zero-order valence-electron chi connectivity index (χ0n) is 14.2. The second kappa shape index (κ2) is 8.81. The van der Waals surface area contributed by atoms with E-state index in [-0.39, 0.29) is 16.7 Å². The summed E-state index contributed by atoms with van der Waals surface area (Å²) in [6.07, 6.45) is 1.52. The van der Waals surface area contributed by atoms with Gasteiger partial charge in [-0.3, -0.25) is 14.5 Å². The first-order valence-electron chi connectivity index (χ1n) is 7.97. The highest BCUT2D eigenvalue weighted by molar-refractivity contribution is 9.10. The summed E-state index contributed by atoms with van der Waals surface area (Å²) in [5, 5.41) is 8.94. The van der Waals surface area contributed by atoms with E-state index >= 15 is 0 Å². The molecule has 1 fully saturated rings. The Hall–Kier alpha value is -2.29. The van der Waals surface area contributed by atoms with Crippen LogP contribution in [0.15, 0.2) is 51.8 Å². The largest absolute Gasteiger partial charge is 0.481 e. The van der Waals surface area contributed by atoms with Gasteiger partial charge >= 0.3 is 5.97 Å². The number of carbonyl (C=O) groups excluding carboxylic acids is 2. The molecular weight excluding hydrogens is 470 g/mol. The minimum atomic E-state index is -1.12. The van der Waals surface area contributed by atoms with Gasteiger partial charge in [-0.15, -0.1) is 0 Å². The van der Waals surface area contributed by atoms with Crippen LogP contribution in [-0.4, -0.2) is 33.7 Å². The van der Waals surface area contributed by atoms with Crippen molar-refractivity contribution in [2.45, 2.75) is 6.54 Å². The van der Waals surface area contributed by atoms with Crippen molar-refractivity contribution in [3.63, 3.8) is 0 Å². The SMILES string of the molecule is O=C(O)COc1ccc(Br)cc1/C=C1\SC(=O)N(Cc2cccc(Cl)c2)C1=O. The van der Waals surface area contributed by atoms with Crippen molar-refractivity contribution < 1.29 is 24.2 Å². The minimum absolute atomic E-state index is 0.115. The Morgan fingerprint density at radius 1 is 1.25 bits per heavy atom. The fourth-order valence-corrected chi connectivity index (χ4v) is 3.92. The number of imide groups is 1. The molecule has 3 rings (SSSR count). The maximum absolute atomic E-state index is 12.7. The summed E-state index contributed by atoms with van der Waals surface area (Å²) < 4.78 is 5.98. The minimum Gasteiger partial charge on any atom is -0.481 e. The highest BCUT2D eigenvalue weighted by Gasteiger charge is 2.35. The third-order valence-corrected chi connectivity index (χ3v) is 5.35. The summed E-state index contributed by atoms with van der Waals surface area (Å²) in [4.78, 5) is 37.2. The fraction of sp³-hybridized carbons (Fsp3) is 0.105. The molecule has 1 aliphatic rings. The van der Waals surface area contributed by atoms with Crippen molar-refractivity contribution >= 4 is 62.5 Å². The molecule has 1 N–H and O–H groups in total. The number of nitrogens with zero attached hydrogens (tertiary/aromatic N) is 1. The van der Waals surface area contributed by atoms with Gasteiger partial charge in [-0.2, -0.15) is 0 Å². The van der Waals surface area contributed by atoms with E-state index in [4.69, 9.17) is 21.4 Å². The highest BCUT2D eigenvalue weighted by Crippen LogP contribution is 2.35. The van der Waals surface area contributed by atoms with Crippen LogP contribution in [0, 0.1) is 0 Å². The topological polar surface area (TPSA) is 83.9 Å². The lowest BCUT2D eigenvalue weighted by molar-refractivity contribution is -0.139. The molecule has 9 heteroatoms. The van der Waals surface area contributed by atoms with Gasteiger partial charge in [-0.25, -0.2) is 4.79 Å². The smallest absolute Gasteiger partial charge is 0.341 e. The number of thioether (sulfide) groups is 1. The van der Waals surface area contributed by atoms with E-state index in [9.17, 15) is 14.4 Å². The first-order chi connectivity index (χ1) is 13.3. The predicted molar refractivity (Wildman–Crippen MR) is 110 cm³/mol. The van der Waals surface area contributed by atoms with Crippen LogP contribution in [0.2, 0.25) is 5.02 Å². The zero-order chi connectivity index (χ0) is 20.3. The van der Waals surface area contributed by atoms with Crippen molar-refractivity contribution in [2.24, 2.45) is 0 Å². The predicted octanol–water partition coefficient (Wildman–Crippen LogP) is 4.80. The Morgan fingerprint density at radius 3 is 2.75 bits per heavy atom. The summed E-state index contributed by atoms with van der Waals surface area (Å²) in [5.41, 5.74) is 1.23. The maximum atomic E-state index is 12.7. The number of benzene rings is 2. The quantitative estimate of drug-likeness (QED) is 0.595. The molecule has 0 radical (unpaired) electrons. The standard InChI is InChI=1S/C19H13BrClNO5S/c20-13-4-5-15(27-10-17(23)24)12(7-13)8-16-18(25)22(19(26)28-16)9-11-2-1-3-14(21)6-11/h1-8H,9-10H2,(H,23,24)/b16-8-. The van der Waals surface area contributed by atoms with Gasteiger partial charge in [0.25, 0.3) is 11.1 Å². The van der Waals surface area contributed by atoms with Crippen LogP contribution in [0.1, 0.15) is 11.1 Å². The maximum Gasteiger partial charge on any atom is 0.341 e. The molecule has 0 spiro atoms. The Bertz CT molecular complexity index is 994. The van der Waals surface area contributed by atoms with E-state index in [0.717, 1.165) is 26.7 Å². The monoisotopic (exact) mass is 481 g/mol. The van der Waals surface area contributed by atoms with Gasteiger partial charge in [0.1, 0.15) is 5.75 Å². The zero-order valence-corrected chi connectivity index (χ0v) is 17.4. The summed E-state index contributed by atoms with van der Waals surface area (Å²) in [5.74, 6) is -1.25. The lowest BCUT2D eigenvalue weighted by atomic mass is 10.1. The molecule has 0 unspecified atom stereocenters. The average molecular weight is 483 g/mol. The summed E-state index contributed by atoms with van der Waals surface area (Å²) in [6.45, 7) is -0.401. The Balaban J connectivity index is 1.85. The molecule has 0 bridgehead atoms. The number of aliphatic carboxylic acids is 1. The third kappa shape index (κ3) is 4.95. The molecule has 6 nitrogen and oxygen atoms in total. The molecule has 0 aromatic heterocycles. The van der Waals surface area contributed by atoms with E-state index in [1.54, 1.807) is 42.5 Å². The van der Waals surface area contributed by atoms with Crippen LogP contribution in [0.25, 0.3) is 6.08 Å². The molecule has 0 atom stereocenters. The molecule has 1 aliphatic heterocycles. The normalized spacial score (nSPS) is 15.4. The molecule has 1 saturated heterocycles. The van der Waals surface area contributed by atoms with Crippen molar-refractivity contribution in [1.29, 1.82) is 0 Å². The van der Waals surface area contributed by atoms with Gasteiger partial charge in [0, 0.05) is 15.1 Å². The number of hydrogen-bond acceptors (Lipinski definition) is 5. The summed E-state index contributed by atoms with van der Waals surface area (Å²) >= 11 is 10.1.